The van der Waals surface area contributed by atoms with Gasteiger partial charge in [-0.1, -0.05) is 12.1 Å². The van der Waals surface area contributed by atoms with Gasteiger partial charge in [0.05, 0.1) is 12.7 Å². The molecule has 4 rings (SSSR count). The fourth-order valence-electron chi connectivity index (χ4n) is 3.80. The van der Waals surface area contributed by atoms with Crippen LogP contribution < -0.4 is 10.2 Å². The van der Waals surface area contributed by atoms with Gasteiger partial charge in [0.15, 0.2) is 5.82 Å². The minimum atomic E-state index is -0.554. The molecular weight excluding hydrogens is 429 g/mol. The van der Waals surface area contributed by atoms with Crippen LogP contribution in [0.4, 0.5) is 25.6 Å². The van der Waals surface area contributed by atoms with Gasteiger partial charge in [-0.3, -0.25) is 4.90 Å². The molecule has 0 aliphatic carbocycles. The molecule has 176 valence electrons. The van der Waals surface area contributed by atoms with Crippen molar-refractivity contribution in [3.63, 3.8) is 0 Å². The molecule has 2 aliphatic rings. The fraction of sp³-hybridized carbons (Fsp3) is 0.478. The minimum Gasteiger partial charge on any atom is -0.447 e. The normalized spacial score (nSPS) is 17.2. The van der Waals surface area contributed by atoms with Crippen molar-refractivity contribution < 1.29 is 23.5 Å². The average molecular weight is 458 g/mol. The highest BCUT2D eigenvalue weighted by Gasteiger charge is 2.28. The monoisotopic (exact) mass is 457 g/mol. The SMILES string of the molecule is CC(C)(C)OC(=O)N1CCC(Nc2ncc(F)c(-c3cccc(N4CCOC4=O)c3)n2)CC1. The lowest BCUT2D eigenvalue weighted by Gasteiger charge is -2.33. The number of benzene rings is 1. The Bertz CT molecular complexity index is 1030. The minimum absolute atomic E-state index is 0.0488. The van der Waals surface area contributed by atoms with Gasteiger partial charge in [-0.2, -0.15) is 0 Å². The zero-order valence-corrected chi connectivity index (χ0v) is 19.0. The Morgan fingerprint density at radius 3 is 2.67 bits per heavy atom. The second kappa shape index (κ2) is 9.21. The number of ether oxygens (including phenoxy) is 2. The first-order chi connectivity index (χ1) is 15.7. The van der Waals surface area contributed by atoms with Crippen LogP contribution in [0.3, 0.4) is 0 Å². The quantitative estimate of drug-likeness (QED) is 0.740. The Balaban J connectivity index is 1.43. The lowest BCUT2D eigenvalue weighted by atomic mass is 10.1. The Morgan fingerprint density at radius 1 is 1.24 bits per heavy atom. The van der Waals surface area contributed by atoms with Crippen molar-refractivity contribution >= 4 is 23.8 Å². The van der Waals surface area contributed by atoms with Crippen LogP contribution in [-0.4, -0.2) is 64.9 Å². The number of nitrogens with one attached hydrogen (secondary N) is 1. The number of likely N-dealkylation sites (tertiary alicyclic amines) is 1. The molecule has 1 aromatic carbocycles. The second-order valence-electron chi connectivity index (χ2n) is 9.09. The Morgan fingerprint density at radius 2 is 2.00 bits per heavy atom. The molecule has 2 aromatic rings. The van der Waals surface area contributed by atoms with Crippen molar-refractivity contribution in [1.29, 1.82) is 0 Å². The highest BCUT2D eigenvalue weighted by Crippen LogP contribution is 2.28. The largest absolute Gasteiger partial charge is 0.447 e. The van der Waals surface area contributed by atoms with E-state index in [1.807, 2.05) is 20.8 Å². The third-order valence-electron chi connectivity index (χ3n) is 5.42. The van der Waals surface area contributed by atoms with E-state index >= 15 is 0 Å². The smallest absolute Gasteiger partial charge is 0.414 e. The van der Waals surface area contributed by atoms with Crippen LogP contribution >= 0.6 is 0 Å². The first kappa shape index (κ1) is 22.8. The lowest BCUT2D eigenvalue weighted by molar-refractivity contribution is 0.0210. The molecule has 2 fully saturated rings. The molecule has 2 aliphatic heterocycles. The summed E-state index contributed by atoms with van der Waals surface area (Å²) in [4.78, 5) is 35.8. The maximum atomic E-state index is 14.6. The average Bonchev–Trinajstić information content (AvgIpc) is 3.20. The van der Waals surface area contributed by atoms with Crippen molar-refractivity contribution in [1.82, 2.24) is 14.9 Å². The number of hydrogen-bond donors (Lipinski definition) is 1. The molecule has 2 saturated heterocycles. The van der Waals surface area contributed by atoms with Crippen LogP contribution in [-0.2, 0) is 9.47 Å². The van der Waals surface area contributed by atoms with Gasteiger partial charge in [0.25, 0.3) is 0 Å². The topological polar surface area (TPSA) is 96.9 Å². The van der Waals surface area contributed by atoms with E-state index in [9.17, 15) is 14.0 Å². The standard InChI is InChI=1S/C23H28FN5O4/c1-23(2,3)33-21(30)28-9-7-16(8-10-28)26-20-25-14-18(24)19(27-20)15-5-4-6-17(13-15)29-11-12-32-22(29)31/h4-6,13-14,16H,7-12H2,1-3H3,(H,25,26,27). The Hall–Kier alpha value is -3.43. The van der Waals surface area contributed by atoms with Crippen LogP contribution in [0.25, 0.3) is 11.3 Å². The highest BCUT2D eigenvalue weighted by molar-refractivity contribution is 5.90. The number of cyclic esters (lactones) is 1. The van der Waals surface area contributed by atoms with Crippen LogP contribution in [0.2, 0.25) is 0 Å². The van der Waals surface area contributed by atoms with Crippen molar-refractivity contribution in [2.45, 2.75) is 45.3 Å². The summed E-state index contributed by atoms with van der Waals surface area (Å²) in [6.45, 7) is 7.40. The third kappa shape index (κ3) is 5.50. The molecule has 0 bridgehead atoms. The van der Waals surface area contributed by atoms with Crippen LogP contribution in [0.5, 0.6) is 0 Å². The zero-order valence-electron chi connectivity index (χ0n) is 19.0. The summed E-state index contributed by atoms with van der Waals surface area (Å²) in [5, 5.41) is 3.25. The first-order valence-electron chi connectivity index (χ1n) is 11.0. The number of hydrogen-bond acceptors (Lipinski definition) is 7. The van der Waals surface area contributed by atoms with Gasteiger partial charge in [-0.25, -0.2) is 23.9 Å². The van der Waals surface area contributed by atoms with Crippen LogP contribution in [0, 0.1) is 5.82 Å². The van der Waals surface area contributed by atoms with Crippen molar-refractivity contribution in [3.8, 4) is 11.3 Å². The van der Waals surface area contributed by atoms with Crippen molar-refractivity contribution in [3.05, 3.63) is 36.3 Å². The van der Waals surface area contributed by atoms with E-state index in [0.717, 1.165) is 6.20 Å². The number of amides is 2. The summed E-state index contributed by atoms with van der Waals surface area (Å²) in [5.41, 5.74) is 0.775. The van der Waals surface area contributed by atoms with Gasteiger partial charge < -0.3 is 19.7 Å². The number of anilines is 2. The van der Waals surface area contributed by atoms with E-state index in [2.05, 4.69) is 15.3 Å². The van der Waals surface area contributed by atoms with Gasteiger partial charge in [0.2, 0.25) is 5.95 Å². The fourth-order valence-corrected chi connectivity index (χ4v) is 3.80. The second-order valence-corrected chi connectivity index (χ2v) is 9.09. The molecular formula is C23H28FN5O4. The molecule has 2 amide bonds. The molecule has 0 unspecified atom stereocenters. The Kier molecular flexibility index (Phi) is 6.35. The summed E-state index contributed by atoms with van der Waals surface area (Å²) in [5.74, 6) is -0.241. The number of carbonyl (C=O) groups is 2. The van der Waals surface area contributed by atoms with E-state index in [0.29, 0.717) is 56.3 Å². The van der Waals surface area contributed by atoms with Gasteiger partial charge >= 0.3 is 12.2 Å². The lowest BCUT2D eigenvalue weighted by Crippen LogP contribution is -2.44. The molecule has 1 aromatic heterocycles. The Labute approximate surface area is 191 Å². The molecule has 0 saturated carbocycles. The number of halogens is 1. The summed E-state index contributed by atoms with van der Waals surface area (Å²) < 4.78 is 25.0. The van der Waals surface area contributed by atoms with Crippen LogP contribution in [0.15, 0.2) is 30.5 Å². The maximum Gasteiger partial charge on any atom is 0.414 e. The van der Waals surface area contributed by atoms with Crippen molar-refractivity contribution in [2.24, 2.45) is 0 Å². The molecule has 10 heteroatoms. The summed E-state index contributed by atoms with van der Waals surface area (Å²) >= 11 is 0. The van der Waals surface area contributed by atoms with E-state index in [-0.39, 0.29) is 17.8 Å². The summed E-state index contributed by atoms with van der Waals surface area (Å²) in [6, 6.07) is 7.01. The molecule has 0 radical (unpaired) electrons. The molecule has 1 N–H and O–H groups in total. The number of rotatable bonds is 4. The van der Waals surface area contributed by atoms with Gasteiger partial charge in [-0.15, -0.1) is 0 Å². The third-order valence-corrected chi connectivity index (χ3v) is 5.42. The number of nitrogens with zero attached hydrogens (tertiary/aromatic N) is 4. The summed E-state index contributed by atoms with van der Waals surface area (Å²) in [7, 11) is 0. The molecule has 3 heterocycles. The van der Waals surface area contributed by atoms with E-state index in [4.69, 9.17) is 9.47 Å². The molecule has 0 atom stereocenters. The number of carbonyl (C=O) groups excluding carboxylic acids is 2. The zero-order chi connectivity index (χ0) is 23.6. The molecule has 9 nitrogen and oxygen atoms in total. The van der Waals surface area contributed by atoms with Crippen molar-refractivity contribution in [2.75, 3.05) is 36.5 Å². The van der Waals surface area contributed by atoms with E-state index in [1.165, 1.54) is 4.90 Å². The van der Waals surface area contributed by atoms with E-state index < -0.39 is 17.5 Å². The highest BCUT2D eigenvalue weighted by atomic mass is 19.1. The van der Waals surface area contributed by atoms with Gasteiger partial charge in [-0.05, 0) is 45.7 Å². The van der Waals surface area contributed by atoms with E-state index in [1.54, 1.807) is 29.2 Å². The first-order valence-corrected chi connectivity index (χ1v) is 11.0. The number of aromatic nitrogens is 2. The van der Waals surface area contributed by atoms with Crippen LogP contribution in [0.1, 0.15) is 33.6 Å². The summed E-state index contributed by atoms with van der Waals surface area (Å²) in [6.07, 6.45) is 1.79. The van der Waals surface area contributed by atoms with Gasteiger partial charge in [0, 0.05) is 30.4 Å². The molecule has 0 spiro atoms. The maximum absolute atomic E-state index is 14.6. The number of piperidine rings is 1. The molecule has 33 heavy (non-hydrogen) atoms. The van der Waals surface area contributed by atoms with Gasteiger partial charge in [0.1, 0.15) is 17.9 Å². The predicted molar refractivity (Wildman–Crippen MR) is 121 cm³/mol. The predicted octanol–water partition coefficient (Wildman–Crippen LogP) is 4.05.